The summed E-state index contributed by atoms with van der Waals surface area (Å²) in [5.41, 5.74) is 11.4. The van der Waals surface area contributed by atoms with E-state index in [9.17, 15) is 9.65 Å². The molecule has 4 N–H and O–H groups in total. The third-order valence-corrected chi connectivity index (χ3v) is 9.81. The van der Waals surface area contributed by atoms with E-state index in [1.165, 1.54) is 18.3 Å². The van der Waals surface area contributed by atoms with E-state index in [0.29, 0.717) is 56.8 Å². The molecule has 0 spiro atoms. The topological polar surface area (TPSA) is 101 Å². The normalized spacial score (nSPS) is 23.1. The Morgan fingerprint density at radius 3 is 2.51 bits per heavy atom. The maximum absolute atomic E-state index is 13.9. The first-order valence-corrected chi connectivity index (χ1v) is 15.6. The number of fused-ring (bicyclic) bond motifs is 2. The lowest BCUT2D eigenvalue weighted by molar-refractivity contribution is -0.0625. The van der Waals surface area contributed by atoms with Crippen molar-refractivity contribution in [2.75, 3.05) is 36.9 Å². The molecule has 8 rings (SSSR count). The van der Waals surface area contributed by atoms with Gasteiger partial charge in [0.2, 0.25) is 0 Å². The van der Waals surface area contributed by atoms with Crippen molar-refractivity contribution < 1.29 is 9.13 Å². The summed E-state index contributed by atoms with van der Waals surface area (Å²) in [5.74, 6) is 0.755. The number of ether oxygens (including phenoxy) is 1. The van der Waals surface area contributed by atoms with Gasteiger partial charge in [0.15, 0.2) is 0 Å². The molecule has 9 nitrogen and oxygen atoms in total. The summed E-state index contributed by atoms with van der Waals surface area (Å²) in [7, 11) is 0. The van der Waals surface area contributed by atoms with Crippen LogP contribution in [0.3, 0.4) is 0 Å². The highest BCUT2D eigenvalue weighted by Gasteiger charge is 2.60. The molecular formula is C33H29Cl2FN8O. The Hall–Kier alpha value is -4.11. The Kier molecular flexibility index (Phi) is 7.16. The number of pyridine rings is 1. The van der Waals surface area contributed by atoms with Crippen molar-refractivity contribution in [2.45, 2.75) is 18.1 Å². The first kappa shape index (κ1) is 28.4. The molecule has 4 aliphatic rings. The van der Waals surface area contributed by atoms with Crippen molar-refractivity contribution >= 4 is 51.2 Å². The molecule has 3 aliphatic heterocycles. The Morgan fingerprint density at radius 2 is 1.80 bits per heavy atom. The Morgan fingerprint density at radius 1 is 1.02 bits per heavy atom. The second-order valence-corrected chi connectivity index (χ2v) is 12.8. The lowest BCUT2D eigenvalue weighted by Crippen LogP contribution is -2.50. The number of nitriles is 1. The number of hydrogen-bond donors (Lipinski definition) is 4. The van der Waals surface area contributed by atoms with Gasteiger partial charge in [-0.2, -0.15) is 5.26 Å². The van der Waals surface area contributed by atoms with Gasteiger partial charge in [-0.3, -0.25) is 14.9 Å². The zero-order valence-corrected chi connectivity index (χ0v) is 25.5. The summed E-state index contributed by atoms with van der Waals surface area (Å²) < 4.78 is 19.3. The summed E-state index contributed by atoms with van der Waals surface area (Å²) in [6.07, 6.45) is 3.63. The first-order chi connectivity index (χ1) is 22.0. The smallest absolute Gasteiger partial charge is 0.141 e. The van der Waals surface area contributed by atoms with E-state index >= 15 is 0 Å². The zero-order valence-electron chi connectivity index (χ0n) is 24.0. The predicted octanol–water partition coefficient (Wildman–Crippen LogP) is 5.94. The monoisotopic (exact) mass is 642 g/mol. The third-order valence-electron chi connectivity index (χ3n) is 9.23. The average molecular weight is 644 g/mol. The Labute approximate surface area is 269 Å². The lowest BCUT2D eigenvalue weighted by Gasteiger charge is -2.36. The number of anilines is 3. The van der Waals surface area contributed by atoms with Crippen LogP contribution >= 0.6 is 23.2 Å². The molecule has 12 heteroatoms. The molecule has 3 fully saturated rings. The van der Waals surface area contributed by atoms with Gasteiger partial charge in [0.05, 0.1) is 63.8 Å². The van der Waals surface area contributed by atoms with Crippen LogP contribution in [0.15, 0.2) is 78.8 Å². The molecule has 0 radical (unpaired) electrons. The molecule has 1 aliphatic carbocycles. The van der Waals surface area contributed by atoms with Crippen LogP contribution in [0.25, 0.3) is 10.9 Å². The highest BCUT2D eigenvalue weighted by Crippen LogP contribution is 2.50. The molecule has 1 saturated carbocycles. The largest absolute Gasteiger partial charge is 0.378 e. The Balaban J connectivity index is 1.10. The maximum atomic E-state index is 13.9. The second kappa shape index (κ2) is 11.4. The van der Waals surface area contributed by atoms with Crippen molar-refractivity contribution in [2.24, 2.45) is 11.8 Å². The number of nitrogens with one attached hydrogen (secondary N) is 4. The molecule has 1 aromatic heterocycles. The van der Waals surface area contributed by atoms with Crippen molar-refractivity contribution in [3.8, 4) is 6.07 Å². The van der Waals surface area contributed by atoms with Gasteiger partial charge in [-0.25, -0.2) is 4.39 Å². The number of piperidine rings is 1. The van der Waals surface area contributed by atoms with E-state index in [1.807, 2.05) is 30.3 Å². The summed E-state index contributed by atoms with van der Waals surface area (Å²) in [4.78, 5) is 7.04. The molecule has 4 heterocycles. The van der Waals surface area contributed by atoms with Gasteiger partial charge in [0, 0.05) is 42.2 Å². The number of halogens is 3. The molecule has 3 aromatic carbocycles. The number of benzene rings is 3. The fourth-order valence-corrected chi connectivity index (χ4v) is 7.21. The van der Waals surface area contributed by atoms with Gasteiger partial charge in [-0.05, 0) is 47.7 Å². The van der Waals surface area contributed by atoms with E-state index in [1.54, 1.807) is 6.07 Å². The van der Waals surface area contributed by atoms with Gasteiger partial charge >= 0.3 is 0 Å². The van der Waals surface area contributed by atoms with Crippen LogP contribution in [0.5, 0.6) is 0 Å². The van der Waals surface area contributed by atoms with Crippen LogP contribution in [0.2, 0.25) is 10.0 Å². The molecule has 3 atom stereocenters. The van der Waals surface area contributed by atoms with Gasteiger partial charge in [0.25, 0.3) is 0 Å². The fourth-order valence-electron chi connectivity index (χ4n) is 6.76. The van der Waals surface area contributed by atoms with Crippen LogP contribution in [0.4, 0.5) is 21.5 Å². The van der Waals surface area contributed by atoms with Gasteiger partial charge in [0.1, 0.15) is 11.9 Å². The molecule has 228 valence electrons. The number of aromatic nitrogens is 1. The highest BCUT2D eigenvalue weighted by molar-refractivity contribution is 6.36. The molecule has 45 heavy (non-hydrogen) atoms. The SMILES string of the molecule is N#Cc1cnc2c(Cl)cc(N[C@H](C3=CN(C4C5CN(C6COC6)CC54)NN3)c3ccccc3)cc2c1Nc1ccc(F)c(Cl)c1. The molecule has 0 amide bonds. The number of hydrazine groups is 2. The van der Waals surface area contributed by atoms with E-state index < -0.39 is 5.82 Å². The van der Waals surface area contributed by atoms with E-state index in [2.05, 4.69) is 60.9 Å². The quantitative estimate of drug-likeness (QED) is 0.186. The average Bonchev–Trinajstić information content (AvgIpc) is 3.32. The van der Waals surface area contributed by atoms with E-state index in [-0.39, 0.29) is 11.1 Å². The summed E-state index contributed by atoms with van der Waals surface area (Å²) in [5, 5.41) is 20.1. The molecular weight excluding hydrogens is 614 g/mol. The minimum Gasteiger partial charge on any atom is -0.378 e. The zero-order chi connectivity index (χ0) is 30.7. The van der Waals surface area contributed by atoms with Crippen molar-refractivity contribution in [3.05, 3.63) is 106 Å². The second-order valence-electron chi connectivity index (χ2n) is 11.9. The fraction of sp³-hybridized carbons (Fsp3) is 0.273. The number of rotatable bonds is 8. The van der Waals surface area contributed by atoms with Gasteiger partial charge < -0.3 is 20.8 Å². The minimum atomic E-state index is -0.526. The number of likely N-dealkylation sites (tertiary alicyclic amines) is 1. The standard InChI is InChI=1S/C33H29Cl2FN8O/c34-26-9-20(6-7-28(26)36)39-30-19(11-37)12-38-32-23(30)8-21(10-27(32)35)40-31(18-4-2-1-3-5-18)29-15-44(42-41-29)33-24-13-43(14-25(24)33)22-16-45-17-22/h1-10,12,15,22,24-25,31,33,40-42H,13-14,16-17H2,(H,38,39)/t24?,25?,31-,33?/m0/s1. The van der Waals surface area contributed by atoms with Crippen LogP contribution < -0.4 is 21.6 Å². The van der Waals surface area contributed by atoms with Gasteiger partial charge in [-0.15, -0.1) is 5.53 Å². The van der Waals surface area contributed by atoms with E-state index in [0.717, 1.165) is 43.3 Å². The first-order valence-electron chi connectivity index (χ1n) is 14.9. The summed E-state index contributed by atoms with van der Waals surface area (Å²) in [6, 6.07) is 21.2. The summed E-state index contributed by atoms with van der Waals surface area (Å²) >= 11 is 12.8. The lowest BCUT2D eigenvalue weighted by atomic mass is 10.0. The van der Waals surface area contributed by atoms with Crippen molar-refractivity contribution in [1.82, 2.24) is 25.9 Å². The van der Waals surface area contributed by atoms with Crippen molar-refractivity contribution in [1.29, 1.82) is 5.26 Å². The molecule has 2 unspecified atom stereocenters. The maximum Gasteiger partial charge on any atom is 0.141 e. The molecule has 2 saturated heterocycles. The predicted molar refractivity (Wildman–Crippen MR) is 172 cm³/mol. The van der Waals surface area contributed by atoms with Crippen LogP contribution in [-0.4, -0.2) is 53.3 Å². The van der Waals surface area contributed by atoms with Crippen LogP contribution in [-0.2, 0) is 4.74 Å². The highest BCUT2D eigenvalue weighted by atomic mass is 35.5. The Bertz CT molecular complexity index is 1850. The number of hydrogen-bond acceptors (Lipinski definition) is 9. The summed E-state index contributed by atoms with van der Waals surface area (Å²) in [6.45, 7) is 3.93. The van der Waals surface area contributed by atoms with Gasteiger partial charge in [-0.1, -0.05) is 53.5 Å². The number of nitrogens with zero attached hydrogens (tertiary/aromatic N) is 4. The molecule has 0 bridgehead atoms. The molecule has 4 aromatic rings. The van der Waals surface area contributed by atoms with E-state index in [4.69, 9.17) is 27.9 Å². The third kappa shape index (κ3) is 5.21. The van der Waals surface area contributed by atoms with Crippen molar-refractivity contribution in [3.63, 3.8) is 0 Å². The minimum absolute atomic E-state index is 0.0249. The van der Waals surface area contributed by atoms with Crippen LogP contribution in [0, 0.1) is 29.0 Å². The van der Waals surface area contributed by atoms with Crippen LogP contribution in [0.1, 0.15) is 17.2 Å².